The highest BCUT2D eigenvalue weighted by Gasteiger charge is 2.23. The van der Waals surface area contributed by atoms with E-state index in [1.165, 1.54) is 0 Å². The van der Waals surface area contributed by atoms with Crippen LogP contribution in [0.5, 0.6) is 0 Å². The lowest BCUT2D eigenvalue weighted by Crippen LogP contribution is -2.39. The van der Waals surface area contributed by atoms with Crippen molar-refractivity contribution in [3.8, 4) is 0 Å². The standard InChI is InChI=1S/C19H24N4O3/c1-13-17(11-22(2)21-13)20-18(24)12-23-8-4-7-16(10-23)14-5-3-6-15(9-14)19(25)26/h3,5-6,9,11,16H,4,7-8,10,12H2,1-2H3,(H,20,24)(H,25,26). The van der Waals surface area contributed by atoms with E-state index in [0.717, 1.165) is 42.9 Å². The van der Waals surface area contributed by atoms with E-state index in [-0.39, 0.29) is 11.8 Å². The Hall–Kier alpha value is -2.67. The normalized spacial score (nSPS) is 17.8. The Morgan fingerprint density at radius 3 is 2.88 bits per heavy atom. The van der Waals surface area contributed by atoms with Crippen LogP contribution in [0.15, 0.2) is 30.5 Å². The van der Waals surface area contributed by atoms with Crippen molar-refractivity contribution in [3.63, 3.8) is 0 Å². The van der Waals surface area contributed by atoms with Gasteiger partial charge in [0.15, 0.2) is 0 Å². The molecule has 2 aromatic rings. The Balaban J connectivity index is 1.61. The fourth-order valence-corrected chi connectivity index (χ4v) is 3.51. The molecule has 2 N–H and O–H groups in total. The summed E-state index contributed by atoms with van der Waals surface area (Å²) in [6, 6.07) is 7.11. The molecule has 2 heterocycles. The number of aromatic carboxylic acids is 1. The van der Waals surface area contributed by atoms with Gasteiger partial charge in [0, 0.05) is 19.8 Å². The minimum absolute atomic E-state index is 0.0546. The van der Waals surface area contributed by atoms with Gasteiger partial charge in [-0.2, -0.15) is 5.10 Å². The van der Waals surface area contributed by atoms with E-state index in [1.54, 1.807) is 29.1 Å². The molecule has 3 rings (SSSR count). The molecule has 1 atom stereocenters. The summed E-state index contributed by atoms with van der Waals surface area (Å²) >= 11 is 0. The van der Waals surface area contributed by atoms with Crippen LogP contribution in [-0.4, -0.2) is 51.3 Å². The second-order valence-corrected chi connectivity index (χ2v) is 6.85. The number of nitrogens with zero attached hydrogens (tertiary/aromatic N) is 3. The third-order valence-corrected chi connectivity index (χ3v) is 4.77. The highest BCUT2D eigenvalue weighted by molar-refractivity contribution is 5.92. The van der Waals surface area contributed by atoms with Crippen LogP contribution >= 0.6 is 0 Å². The van der Waals surface area contributed by atoms with Crippen molar-refractivity contribution in [2.75, 3.05) is 25.0 Å². The van der Waals surface area contributed by atoms with Gasteiger partial charge in [0.2, 0.25) is 5.91 Å². The van der Waals surface area contributed by atoms with Crippen molar-refractivity contribution in [3.05, 3.63) is 47.3 Å². The molecule has 1 aliphatic rings. The lowest BCUT2D eigenvalue weighted by molar-refractivity contribution is -0.117. The topological polar surface area (TPSA) is 87.5 Å². The van der Waals surface area contributed by atoms with Gasteiger partial charge in [-0.3, -0.25) is 14.4 Å². The zero-order chi connectivity index (χ0) is 18.7. The molecular formula is C19H24N4O3. The van der Waals surface area contributed by atoms with Gasteiger partial charge in [-0.25, -0.2) is 4.79 Å². The van der Waals surface area contributed by atoms with E-state index in [4.69, 9.17) is 0 Å². The van der Waals surface area contributed by atoms with Gasteiger partial charge in [-0.15, -0.1) is 0 Å². The number of nitrogens with one attached hydrogen (secondary N) is 1. The third-order valence-electron chi connectivity index (χ3n) is 4.77. The largest absolute Gasteiger partial charge is 0.478 e. The summed E-state index contributed by atoms with van der Waals surface area (Å²) in [7, 11) is 1.82. The predicted molar refractivity (Wildman–Crippen MR) is 98.4 cm³/mol. The zero-order valence-corrected chi connectivity index (χ0v) is 15.1. The summed E-state index contributed by atoms with van der Waals surface area (Å²) in [6.07, 6.45) is 3.79. The first-order valence-electron chi connectivity index (χ1n) is 8.78. The minimum atomic E-state index is -0.911. The Labute approximate surface area is 152 Å². The number of carboxylic acid groups (broad SMARTS) is 1. The number of anilines is 1. The molecule has 138 valence electrons. The SMILES string of the molecule is Cc1nn(C)cc1NC(=O)CN1CCCC(c2cccc(C(=O)O)c2)C1. The van der Waals surface area contributed by atoms with Gasteiger partial charge in [-0.1, -0.05) is 12.1 Å². The Morgan fingerprint density at radius 1 is 1.38 bits per heavy atom. The van der Waals surface area contributed by atoms with Gasteiger partial charge in [0.05, 0.1) is 23.5 Å². The molecule has 26 heavy (non-hydrogen) atoms. The van der Waals surface area contributed by atoms with Crippen LogP contribution in [-0.2, 0) is 11.8 Å². The minimum Gasteiger partial charge on any atom is -0.478 e. The number of hydrogen-bond donors (Lipinski definition) is 2. The number of likely N-dealkylation sites (tertiary alicyclic amines) is 1. The van der Waals surface area contributed by atoms with Gasteiger partial charge in [0.1, 0.15) is 0 Å². The molecule has 1 fully saturated rings. The van der Waals surface area contributed by atoms with E-state index in [2.05, 4.69) is 15.3 Å². The average molecular weight is 356 g/mol. The third kappa shape index (κ3) is 4.29. The molecule has 1 aromatic heterocycles. The van der Waals surface area contributed by atoms with Gasteiger partial charge in [0.25, 0.3) is 0 Å². The molecule has 0 radical (unpaired) electrons. The van der Waals surface area contributed by atoms with Crippen LogP contribution in [0.2, 0.25) is 0 Å². The van der Waals surface area contributed by atoms with Crippen LogP contribution in [0.25, 0.3) is 0 Å². The molecule has 1 amide bonds. The van der Waals surface area contributed by atoms with Gasteiger partial charge >= 0.3 is 5.97 Å². The Kier molecular flexibility index (Phi) is 5.37. The van der Waals surface area contributed by atoms with Gasteiger partial charge < -0.3 is 10.4 Å². The summed E-state index contributed by atoms with van der Waals surface area (Å²) in [5.74, 6) is -0.720. The second-order valence-electron chi connectivity index (χ2n) is 6.85. The molecule has 1 aromatic carbocycles. The number of amides is 1. The lowest BCUT2D eigenvalue weighted by atomic mass is 9.89. The van der Waals surface area contributed by atoms with E-state index in [9.17, 15) is 14.7 Å². The van der Waals surface area contributed by atoms with Crippen molar-refractivity contribution in [1.29, 1.82) is 0 Å². The van der Waals surface area contributed by atoms with E-state index < -0.39 is 5.97 Å². The second kappa shape index (κ2) is 7.70. The van der Waals surface area contributed by atoms with Crippen molar-refractivity contribution in [2.45, 2.75) is 25.7 Å². The first-order chi connectivity index (χ1) is 12.4. The monoisotopic (exact) mass is 356 g/mol. The smallest absolute Gasteiger partial charge is 0.335 e. The number of piperidine rings is 1. The highest BCUT2D eigenvalue weighted by Crippen LogP contribution is 2.27. The number of carboxylic acids is 1. The maximum atomic E-state index is 12.4. The van der Waals surface area contributed by atoms with Crippen molar-refractivity contribution < 1.29 is 14.7 Å². The fraction of sp³-hybridized carbons (Fsp3) is 0.421. The molecule has 1 saturated heterocycles. The molecular weight excluding hydrogens is 332 g/mol. The van der Waals surface area contributed by atoms with Crippen LogP contribution in [0.3, 0.4) is 0 Å². The van der Waals surface area contributed by atoms with Gasteiger partial charge in [-0.05, 0) is 49.9 Å². The summed E-state index contributed by atoms with van der Waals surface area (Å²) in [4.78, 5) is 25.7. The lowest BCUT2D eigenvalue weighted by Gasteiger charge is -2.32. The summed E-state index contributed by atoms with van der Waals surface area (Å²) in [6.45, 7) is 3.81. The van der Waals surface area contributed by atoms with E-state index >= 15 is 0 Å². The first kappa shape index (κ1) is 18.1. The van der Waals surface area contributed by atoms with Crippen molar-refractivity contribution >= 4 is 17.6 Å². The van der Waals surface area contributed by atoms with Crippen molar-refractivity contribution in [1.82, 2.24) is 14.7 Å². The summed E-state index contributed by atoms with van der Waals surface area (Å²) in [5, 5.41) is 16.3. The fourth-order valence-electron chi connectivity index (χ4n) is 3.51. The molecule has 1 unspecified atom stereocenters. The predicted octanol–water partition coefficient (Wildman–Crippen LogP) is 2.24. The Morgan fingerprint density at radius 2 is 2.19 bits per heavy atom. The van der Waals surface area contributed by atoms with Crippen LogP contribution in [0, 0.1) is 6.92 Å². The van der Waals surface area contributed by atoms with E-state index in [0.29, 0.717) is 12.1 Å². The quantitative estimate of drug-likeness (QED) is 0.858. The van der Waals surface area contributed by atoms with E-state index in [1.807, 2.05) is 20.0 Å². The van der Waals surface area contributed by atoms with Crippen molar-refractivity contribution in [2.24, 2.45) is 7.05 Å². The number of hydrogen-bond acceptors (Lipinski definition) is 4. The molecule has 0 bridgehead atoms. The first-order valence-corrected chi connectivity index (χ1v) is 8.78. The summed E-state index contributed by atoms with van der Waals surface area (Å²) in [5.41, 5.74) is 2.87. The maximum absolute atomic E-state index is 12.4. The number of aryl methyl sites for hydroxylation is 2. The number of benzene rings is 1. The zero-order valence-electron chi connectivity index (χ0n) is 15.1. The maximum Gasteiger partial charge on any atom is 0.335 e. The van der Waals surface area contributed by atoms with Crippen LogP contribution in [0.4, 0.5) is 5.69 Å². The Bertz CT molecular complexity index is 815. The molecule has 1 aliphatic heterocycles. The van der Waals surface area contributed by atoms with Crippen LogP contribution < -0.4 is 5.32 Å². The van der Waals surface area contributed by atoms with Crippen LogP contribution in [0.1, 0.15) is 40.4 Å². The molecule has 0 spiro atoms. The number of rotatable bonds is 5. The molecule has 0 saturated carbocycles. The average Bonchev–Trinajstić information content (AvgIpc) is 2.92. The summed E-state index contributed by atoms with van der Waals surface area (Å²) < 4.78 is 1.68. The molecule has 7 nitrogen and oxygen atoms in total. The number of aromatic nitrogens is 2. The highest BCUT2D eigenvalue weighted by atomic mass is 16.4. The molecule has 7 heteroatoms. The number of carbonyl (C=O) groups is 2. The molecule has 0 aliphatic carbocycles. The number of carbonyl (C=O) groups excluding carboxylic acids is 1.